The Hall–Kier alpha value is -0.450. The van der Waals surface area contributed by atoms with Crippen LogP contribution >= 0.6 is 15.9 Å². The van der Waals surface area contributed by atoms with Gasteiger partial charge in [0.15, 0.2) is 0 Å². The molecule has 0 bridgehead atoms. The summed E-state index contributed by atoms with van der Waals surface area (Å²) in [4.78, 5) is 0. The molecule has 4 heteroatoms. The quantitative estimate of drug-likeness (QED) is 0.861. The first-order valence-corrected chi connectivity index (χ1v) is 7.62. The monoisotopic (exact) mass is 330 g/mol. The lowest BCUT2D eigenvalue weighted by Gasteiger charge is -2.36. The van der Waals surface area contributed by atoms with Crippen molar-refractivity contribution in [2.75, 3.05) is 6.61 Å². The SMILES string of the molecule is CCOC1CC(CC(O)Cc2cccc(F)c2Br)C1. The number of hydrogen-bond donors (Lipinski definition) is 1. The van der Waals surface area contributed by atoms with Crippen LogP contribution in [-0.4, -0.2) is 23.9 Å². The lowest BCUT2D eigenvalue weighted by Crippen LogP contribution is -2.34. The van der Waals surface area contributed by atoms with Crippen LogP contribution in [0.15, 0.2) is 22.7 Å². The van der Waals surface area contributed by atoms with Crippen LogP contribution < -0.4 is 0 Å². The number of aliphatic hydroxyl groups is 1. The summed E-state index contributed by atoms with van der Waals surface area (Å²) >= 11 is 3.23. The molecule has 1 unspecified atom stereocenters. The van der Waals surface area contributed by atoms with Gasteiger partial charge in [-0.15, -0.1) is 0 Å². The fourth-order valence-electron chi connectivity index (χ4n) is 2.67. The van der Waals surface area contributed by atoms with E-state index in [1.54, 1.807) is 6.07 Å². The van der Waals surface area contributed by atoms with Gasteiger partial charge in [0.2, 0.25) is 0 Å². The van der Waals surface area contributed by atoms with E-state index < -0.39 is 6.10 Å². The standard InChI is InChI=1S/C15H20BrFO2/c1-2-19-13-7-10(8-13)6-12(18)9-11-4-3-5-14(17)15(11)16/h3-5,10,12-13,18H,2,6-9H2,1H3. The van der Waals surface area contributed by atoms with Crippen LogP contribution in [0.5, 0.6) is 0 Å². The molecule has 0 saturated heterocycles. The molecule has 106 valence electrons. The summed E-state index contributed by atoms with van der Waals surface area (Å²) in [5, 5.41) is 10.1. The van der Waals surface area contributed by atoms with Crippen molar-refractivity contribution < 1.29 is 14.2 Å². The van der Waals surface area contributed by atoms with Gasteiger partial charge in [-0.2, -0.15) is 0 Å². The van der Waals surface area contributed by atoms with E-state index in [1.165, 1.54) is 6.07 Å². The molecule has 1 aromatic carbocycles. The third kappa shape index (κ3) is 4.01. The van der Waals surface area contributed by atoms with Gasteiger partial charge in [-0.05, 0) is 66.1 Å². The smallest absolute Gasteiger partial charge is 0.137 e. The van der Waals surface area contributed by atoms with Gasteiger partial charge in [-0.25, -0.2) is 4.39 Å². The fourth-order valence-corrected chi connectivity index (χ4v) is 3.09. The van der Waals surface area contributed by atoms with Gasteiger partial charge in [0.25, 0.3) is 0 Å². The second kappa shape index (κ2) is 6.82. The summed E-state index contributed by atoms with van der Waals surface area (Å²) in [6, 6.07) is 4.94. The van der Waals surface area contributed by atoms with E-state index >= 15 is 0 Å². The molecule has 0 aliphatic heterocycles. The van der Waals surface area contributed by atoms with Gasteiger partial charge in [0, 0.05) is 6.61 Å². The van der Waals surface area contributed by atoms with Gasteiger partial charge in [0.05, 0.1) is 16.7 Å². The minimum atomic E-state index is -0.411. The predicted octanol–water partition coefficient (Wildman–Crippen LogP) is 3.70. The molecular formula is C15H20BrFO2. The molecule has 1 saturated carbocycles. The van der Waals surface area contributed by atoms with E-state index in [0.29, 0.717) is 22.9 Å². The van der Waals surface area contributed by atoms with E-state index in [-0.39, 0.29) is 5.82 Å². The minimum Gasteiger partial charge on any atom is -0.393 e. The summed E-state index contributed by atoms with van der Waals surface area (Å²) in [6.07, 6.45) is 3.30. The molecule has 0 radical (unpaired) electrons. The molecule has 1 fully saturated rings. The van der Waals surface area contributed by atoms with Crippen molar-refractivity contribution in [1.82, 2.24) is 0 Å². The third-order valence-corrected chi connectivity index (χ3v) is 4.58. The highest BCUT2D eigenvalue weighted by Crippen LogP contribution is 2.34. The Morgan fingerprint density at radius 1 is 1.47 bits per heavy atom. The van der Waals surface area contributed by atoms with Crippen LogP contribution in [0, 0.1) is 11.7 Å². The average Bonchev–Trinajstić information content (AvgIpc) is 2.32. The van der Waals surface area contributed by atoms with Crippen LogP contribution in [0.2, 0.25) is 0 Å². The fraction of sp³-hybridized carbons (Fsp3) is 0.600. The normalized spacial score (nSPS) is 24.0. The van der Waals surface area contributed by atoms with Crippen LogP contribution in [0.4, 0.5) is 4.39 Å². The molecule has 1 aliphatic carbocycles. The molecule has 1 atom stereocenters. The Balaban J connectivity index is 1.79. The molecule has 0 heterocycles. The van der Waals surface area contributed by atoms with Crippen molar-refractivity contribution in [3.63, 3.8) is 0 Å². The molecule has 2 rings (SSSR count). The van der Waals surface area contributed by atoms with Gasteiger partial charge < -0.3 is 9.84 Å². The van der Waals surface area contributed by atoms with Crippen molar-refractivity contribution in [2.24, 2.45) is 5.92 Å². The number of benzene rings is 1. The van der Waals surface area contributed by atoms with E-state index in [4.69, 9.17) is 4.74 Å². The molecule has 1 aromatic rings. The minimum absolute atomic E-state index is 0.273. The molecular weight excluding hydrogens is 311 g/mol. The number of aliphatic hydroxyl groups excluding tert-OH is 1. The first-order chi connectivity index (χ1) is 9.10. The number of hydrogen-bond acceptors (Lipinski definition) is 2. The van der Waals surface area contributed by atoms with Gasteiger partial charge in [0.1, 0.15) is 5.82 Å². The maximum Gasteiger partial charge on any atom is 0.137 e. The second-order valence-corrected chi connectivity index (χ2v) is 6.01. The molecule has 2 nitrogen and oxygen atoms in total. The third-order valence-electron chi connectivity index (χ3n) is 3.69. The van der Waals surface area contributed by atoms with Crippen molar-refractivity contribution in [1.29, 1.82) is 0 Å². The van der Waals surface area contributed by atoms with E-state index in [2.05, 4.69) is 15.9 Å². The Labute approximate surface area is 122 Å². The number of halogens is 2. The van der Waals surface area contributed by atoms with Gasteiger partial charge in [-0.1, -0.05) is 12.1 Å². The van der Waals surface area contributed by atoms with Crippen LogP contribution in [-0.2, 0) is 11.2 Å². The predicted molar refractivity (Wildman–Crippen MR) is 76.6 cm³/mol. The number of ether oxygens (including phenoxy) is 1. The van der Waals surface area contributed by atoms with E-state index in [0.717, 1.165) is 31.4 Å². The first kappa shape index (κ1) is 14.9. The Morgan fingerprint density at radius 2 is 2.21 bits per heavy atom. The topological polar surface area (TPSA) is 29.5 Å². The summed E-state index contributed by atoms with van der Waals surface area (Å²) < 4.78 is 19.3. The zero-order chi connectivity index (χ0) is 13.8. The maximum absolute atomic E-state index is 13.4. The Kier molecular flexibility index (Phi) is 5.37. The Morgan fingerprint density at radius 3 is 2.89 bits per heavy atom. The Bertz CT molecular complexity index is 419. The highest BCUT2D eigenvalue weighted by atomic mass is 79.9. The van der Waals surface area contributed by atoms with Crippen LogP contribution in [0.25, 0.3) is 0 Å². The first-order valence-electron chi connectivity index (χ1n) is 6.82. The summed E-state index contributed by atoms with van der Waals surface area (Å²) in [7, 11) is 0. The van der Waals surface area contributed by atoms with E-state index in [9.17, 15) is 9.50 Å². The maximum atomic E-state index is 13.4. The summed E-state index contributed by atoms with van der Waals surface area (Å²) in [5.41, 5.74) is 0.827. The summed E-state index contributed by atoms with van der Waals surface area (Å²) in [5.74, 6) is 0.267. The van der Waals surface area contributed by atoms with Crippen molar-refractivity contribution in [2.45, 2.75) is 44.8 Å². The highest BCUT2D eigenvalue weighted by Gasteiger charge is 2.31. The van der Waals surface area contributed by atoms with Crippen LogP contribution in [0.1, 0.15) is 31.7 Å². The van der Waals surface area contributed by atoms with Crippen molar-refractivity contribution in [3.8, 4) is 0 Å². The van der Waals surface area contributed by atoms with Crippen molar-refractivity contribution in [3.05, 3.63) is 34.1 Å². The summed E-state index contributed by atoms with van der Waals surface area (Å²) in [6.45, 7) is 2.76. The lowest BCUT2D eigenvalue weighted by molar-refractivity contribution is -0.0375. The van der Waals surface area contributed by atoms with Gasteiger partial charge in [-0.3, -0.25) is 0 Å². The largest absolute Gasteiger partial charge is 0.393 e. The zero-order valence-electron chi connectivity index (χ0n) is 11.1. The lowest BCUT2D eigenvalue weighted by atomic mass is 9.78. The molecule has 19 heavy (non-hydrogen) atoms. The highest BCUT2D eigenvalue weighted by molar-refractivity contribution is 9.10. The van der Waals surface area contributed by atoms with Crippen LogP contribution in [0.3, 0.4) is 0 Å². The second-order valence-electron chi connectivity index (χ2n) is 5.22. The molecule has 0 amide bonds. The molecule has 0 spiro atoms. The number of rotatable bonds is 6. The van der Waals surface area contributed by atoms with Gasteiger partial charge >= 0.3 is 0 Å². The zero-order valence-corrected chi connectivity index (χ0v) is 12.7. The molecule has 1 aliphatic rings. The van der Waals surface area contributed by atoms with E-state index in [1.807, 2.05) is 13.0 Å². The average molecular weight is 331 g/mol. The molecule has 1 N–H and O–H groups in total. The molecule has 0 aromatic heterocycles. The van der Waals surface area contributed by atoms with Crippen molar-refractivity contribution >= 4 is 15.9 Å².